The number of hydrogen-bond acceptors (Lipinski definition) is 1. The second kappa shape index (κ2) is 5.00. The molecule has 0 fully saturated rings. The molecule has 1 rings (SSSR count). The average Bonchev–Trinajstić information content (AvgIpc) is 2.12. The maximum Gasteiger partial charge on any atom is 0.348 e. The number of halogens is 3. The Morgan fingerprint density at radius 1 is 1.31 bits per heavy atom. The van der Waals surface area contributed by atoms with E-state index in [1.165, 1.54) is 12.1 Å². The van der Waals surface area contributed by atoms with Crippen LogP contribution in [0.2, 0.25) is 10.0 Å². The van der Waals surface area contributed by atoms with Gasteiger partial charge >= 0.3 is 6.03 Å². The minimum absolute atomic E-state index is 0.186. The summed E-state index contributed by atoms with van der Waals surface area (Å²) in [5.41, 5.74) is 10.2. The number of hydrogen-bond donors (Lipinski definition) is 3. The molecule has 0 atom stereocenters. The Labute approximate surface area is 100 Å². The molecule has 0 aromatic heterocycles. The van der Waals surface area contributed by atoms with Gasteiger partial charge in [-0.2, -0.15) is 4.99 Å². The van der Waals surface area contributed by atoms with Crippen LogP contribution in [0.3, 0.4) is 0 Å². The third-order valence-corrected chi connectivity index (χ3v) is 2.02. The normalized spacial score (nSPS) is 9.69. The molecule has 1 aromatic carbocycles. The highest BCUT2D eigenvalue weighted by molar-refractivity contribution is 6.35. The number of rotatable bonds is 1. The van der Waals surface area contributed by atoms with E-state index >= 15 is 0 Å². The summed E-state index contributed by atoms with van der Waals surface area (Å²) in [6.07, 6.45) is 0. The van der Waals surface area contributed by atoms with E-state index < -0.39 is 17.8 Å². The number of nitrogens with zero attached hydrogens (tertiary/aromatic N) is 1. The summed E-state index contributed by atoms with van der Waals surface area (Å²) in [7, 11) is 0. The van der Waals surface area contributed by atoms with Gasteiger partial charge in [-0.05, 0) is 12.1 Å². The van der Waals surface area contributed by atoms with Gasteiger partial charge in [-0.3, -0.25) is 0 Å². The summed E-state index contributed by atoms with van der Waals surface area (Å²) in [4.78, 5) is 14.3. The van der Waals surface area contributed by atoms with Crippen LogP contribution in [-0.4, -0.2) is 12.0 Å². The standard InChI is InChI=1S/C8H7Cl2FN4O/c9-4-1-3(2-5(10)6(4)11)14-8(16)15-7(12)13/h1-2H,(H5,12,13,14,15,16). The van der Waals surface area contributed by atoms with Crippen molar-refractivity contribution in [3.05, 3.63) is 28.0 Å². The number of nitrogens with two attached hydrogens (primary N) is 2. The number of carbonyl (C=O) groups excluding carboxylic acids is 1. The van der Waals surface area contributed by atoms with E-state index in [4.69, 9.17) is 34.7 Å². The van der Waals surface area contributed by atoms with Gasteiger partial charge in [-0.15, -0.1) is 0 Å². The van der Waals surface area contributed by atoms with Crippen LogP contribution in [0, 0.1) is 5.82 Å². The molecule has 0 saturated carbocycles. The van der Waals surface area contributed by atoms with Crippen molar-refractivity contribution >= 4 is 40.9 Å². The molecule has 0 unspecified atom stereocenters. The molecule has 2 amide bonds. The molecule has 0 aliphatic heterocycles. The molecule has 8 heteroatoms. The molecule has 0 aliphatic rings. The number of nitrogens with one attached hydrogen (secondary N) is 1. The van der Waals surface area contributed by atoms with Crippen molar-refractivity contribution in [3.8, 4) is 0 Å². The van der Waals surface area contributed by atoms with Gasteiger partial charge in [0.25, 0.3) is 0 Å². The maximum atomic E-state index is 13.0. The second-order valence-corrected chi connectivity index (χ2v) is 3.54. The van der Waals surface area contributed by atoms with Crippen molar-refractivity contribution < 1.29 is 9.18 Å². The van der Waals surface area contributed by atoms with Crippen molar-refractivity contribution in [1.82, 2.24) is 0 Å². The van der Waals surface area contributed by atoms with Gasteiger partial charge in [0.05, 0.1) is 10.0 Å². The summed E-state index contributed by atoms with van der Waals surface area (Å²) >= 11 is 11.0. The number of benzene rings is 1. The topological polar surface area (TPSA) is 93.5 Å². The number of amides is 2. The third-order valence-electron chi connectivity index (χ3n) is 1.47. The van der Waals surface area contributed by atoms with Crippen LogP contribution in [-0.2, 0) is 0 Å². The van der Waals surface area contributed by atoms with Crippen molar-refractivity contribution in [2.24, 2.45) is 16.5 Å². The van der Waals surface area contributed by atoms with E-state index in [1.807, 2.05) is 0 Å². The summed E-state index contributed by atoms with van der Waals surface area (Å²) in [5.74, 6) is -1.15. The van der Waals surface area contributed by atoms with Crippen LogP contribution >= 0.6 is 23.2 Å². The number of guanidine groups is 1. The van der Waals surface area contributed by atoms with Crippen LogP contribution < -0.4 is 16.8 Å². The zero-order chi connectivity index (χ0) is 12.3. The summed E-state index contributed by atoms with van der Waals surface area (Å²) in [6.45, 7) is 0. The smallest absolute Gasteiger partial charge is 0.348 e. The van der Waals surface area contributed by atoms with Crippen LogP contribution in [0.15, 0.2) is 17.1 Å². The first kappa shape index (κ1) is 12.5. The van der Waals surface area contributed by atoms with Crippen LogP contribution in [0.5, 0.6) is 0 Å². The summed E-state index contributed by atoms with van der Waals surface area (Å²) < 4.78 is 13.0. The fraction of sp³-hybridized carbons (Fsp3) is 0. The van der Waals surface area contributed by atoms with E-state index in [0.29, 0.717) is 0 Å². The van der Waals surface area contributed by atoms with Crippen molar-refractivity contribution in [3.63, 3.8) is 0 Å². The lowest BCUT2D eigenvalue weighted by Gasteiger charge is -2.04. The van der Waals surface area contributed by atoms with Crippen LogP contribution in [0.25, 0.3) is 0 Å². The minimum atomic E-state index is -0.807. The molecular formula is C8H7Cl2FN4O. The van der Waals surface area contributed by atoms with Gasteiger partial charge in [0.1, 0.15) is 0 Å². The van der Waals surface area contributed by atoms with Crippen LogP contribution in [0.4, 0.5) is 14.9 Å². The first-order valence-electron chi connectivity index (χ1n) is 3.95. The fourth-order valence-electron chi connectivity index (χ4n) is 0.896. The fourth-order valence-corrected chi connectivity index (χ4v) is 1.38. The van der Waals surface area contributed by atoms with E-state index in [-0.39, 0.29) is 15.7 Å². The first-order valence-corrected chi connectivity index (χ1v) is 4.71. The van der Waals surface area contributed by atoms with Crippen molar-refractivity contribution in [1.29, 1.82) is 0 Å². The molecule has 0 heterocycles. The lowest BCUT2D eigenvalue weighted by atomic mass is 10.3. The number of urea groups is 1. The molecule has 86 valence electrons. The van der Waals surface area contributed by atoms with Gasteiger partial charge in [-0.1, -0.05) is 23.2 Å². The summed E-state index contributed by atoms with van der Waals surface area (Å²) in [5, 5.41) is 1.83. The number of carbonyl (C=O) groups is 1. The molecule has 16 heavy (non-hydrogen) atoms. The Morgan fingerprint density at radius 2 is 1.81 bits per heavy atom. The molecule has 1 aromatic rings. The van der Waals surface area contributed by atoms with E-state index in [2.05, 4.69) is 10.3 Å². The number of aliphatic imine (C=N–C) groups is 1. The van der Waals surface area contributed by atoms with Gasteiger partial charge in [0, 0.05) is 5.69 Å². The largest absolute Gasteiger partial charge is 0.370 e. The molecule has 0 radical (unpaired) electrons. The highest BCUT2D eigenvalue weighted by Crippen LogP contribution is 2.27. The first-order chi connectivity index (χ1) is 7.40. The van der Waals surface area contributed by atoms with E-state index in [0.717, 1.165) is 0 Å². The zero-order valence-corrected chi connectivity index (χ0v) is 9.31. The Morgan fingerprint density at radius 3 is 2.25 bits per heavy atom. The molecule has 5 nitrogen and oxygen atoms in total. The average molecular weight is 265 g/mol. The SMILES string of the molecule is NC(N)=NC(=O)Nc1cc(Cl)c(F)c(Cl)c1. The van der Waals surface area contributed by atoms with E-state index in [9.17, 15) is 9.18 Å². The van der Waals surface area contributed by atoms with Gasteiger partial charge in [0.15, 0.2) is 11.8 Å². The van der Waals surface area contributed by atoms with Gasteiger partial charge < -0.3 is 16.8 Å². The monoisotopic (exact) mass is 264 g/mol. The highest BCUT2D eigenvalue weighted by Gasteiger charge is 2.09. The predicted molar refractivity (Wildman–Crippen MR) is 61.2 cm³/mol. The van der Waals surface area contributed by atoms with Gasteiger partial charge in [0.2, 0.25) is 0 Å². The predicted octanol–water partition coefficient (Wildman–Crippen LogP) is 1.94. The number of anilines is 1. The van der Waals surface area contributed by atoms with Gasteiger partial charge in [-0.25, -0.2) is 9.18 Å². The second-order valence-electron chi connectivity index (χ2n) is 2.72. The Kier molecular flexibility index (Phi) is 3.92. The Bertz CT molecular complexity index is 436. The molecular weight excluding hydrogens is 258 g/mol. The lowest BCUT2D eigenvalue weighted by molar-refractivity contribution is 0.259. The molecule has 0 bridgehead atoms. The Hall–Kier alpha value is -1.53. The molecule has 0 spiro atoms. The Balaban J connectivity index is 2.91. The summed E-state index contributed by atoms with van der Waals surface area (Å²) in [6, 6.07) is 1.56. The zero-order valence-electron chi connectivity index (χ0n) is 7.80. The highest BCUT2D eigenvalue weighted by atomic mass is 35.5. The van der Waals surface area contributed by atoms with Crippen molar-refractivity contribution in [2.75, 3.05) is 5.32 Å². The third kappa shape index (κ3) is 3.25. The van der Waals surface area contributed by atoms with Crippen molar-refractivity contribution in [2.45, 2.75) is 0 Å². The molecule has 0 saturated heterocycles. The van der Waals surface area contributed by atoms with E-state index in [1.54, 1.807) is 0 Å². The minimum Gasteiger partial charge on any atom is -0.370 e. The lowest BCUT2D eigenvalue weighted by Crippen LogP contribution is -2.25. The quantitative estimate of drug-likeness (QED) is 0.411. The van der Waals surface area contributed by atoms with Crippen LogP contribution in [0.1, 0.15) is 0 Å². The maximum absolute atomic E-state index is 13.0. The molecule has 5 N–H and O–H groups in total. The molecule has 0 aliphatic carbocycles.